The van der Waals surface area contributed by atoms with E-state index in [1.165, 1.54) is 10.8 Å². The first kappa shape index (κ1) is 13.2. The van der Waals surface area contributed by atoms with Crippen molar-refractivity contribution in [2.75, 3.05) is 0 Å². The van der Waals surface area contributed by atoms with Crippen molar-refractivity contribution in [2.24, 2.45) is 0 Å². The Bertz CT molecular complexity index is 835. The van der Waals surface area contributed by atoms with E-state index in [-0.39, 0.29) is 0 Å². The van der Waals surface area contributed by atoms with E-state index in [1.54, 1.807) is 0 Å². The number of H-pyrrole nitrogens is 2. The molecule has 22 heavy (non-hydrogen) atoms. The highest BCUT2D eigenvalue weighted by atomic mass is 31.1. The van der Waals surface area contributed by atoms with Crippen LogP contribution in [0.2, 0.25) is 0 Å². The van der Waals surface area contributed by atoms with Crippen molar-refractivity contribution < 1.29 is 4.52 Å². The smallest absolute Gasteiger partial charge is 0.184 e. The van der Waals surface area contributed by atoms with Gasteiger partial charge in [0, 0.05) is 12.4 Å². The van der Waals surface area contributed by atoms with Crippen molar-refractivity contribution in [2.45, 2.75) is 0 Å². The van der Waals surface area contributed by atoms with Gasteiger partial charge in [-0.3, -0.25) is 0 Å². The molecule has 0 radical (unpaired) electrons. The third-order valence-electron chi connectivity index (χ3n) is 3.52. The van der Waals surface area contributed by atoms with Crippen LogP contribution < -0.4 is 15.4 Å². The van der Waals surface area contributed by atoms with Crippen molar-refractivity contribution in [1.29, 1.82) is 0 Å². The maximum Gasteiger partial charge on any atom is 0.184 e. The summed E-state index contributed by atoms with van der Waals surface area (Å²) in [4.78, 5) is 6.53. The molecule has 4 aromatic rings. The molecule has 0 saturated heterocycles. The minimum Gasteiger partial charge on any atom is -0.461 e. The molecule has 0 amide bonds. The Morgan fingerprint density at radius 3 is 2.00 bits per heavy atom. The predicted octanol–water partition coefficient (Wildman–Crippen LogP) is 3.92. The monoisotopic (exact) mass is 306 g/mol. The molecule has 0 bridgehead atoms. The molecular weight excluding hydrogens is 291 g/mol. The number of rotatable bonds is 4. The normalized spacial score (nSPS) is 11.1. The van der Waals surface area contributed by atoms with Gasteiger partial charge in [-0.05, 0) is 47.2 Å². The molecule has 0 aliphatic carbocycles. The molecule has 0 fully saturated rings. The van der Waals surface area contributed by atoms with Crippen molar-refractivity contribution in [1.82, 2.24) is 9.97 Å². The summed E-state index contributed by atoms with van der Waals surface area (Å²) in [6, 6.07) is 22.7. The van der Waals surface area contributed by atoms with Crippen LogP contribution in [0.5, 0.6) is 5.75 Å². The van der Waals surface area contributed by atoms with Gasteiger partial charge in [-0.15, -0.1) is 0 Å². The van der Waals surface area contributed by atoms with Crippen molar-refractivity contribution in [3.05, 3.63) is 79.1 Å². The summed E-state index contributed by atoms with van der Waals surface area (Å²) in [5, 5.41) is 2.41. The van der Waals surface area contributed by atoms with E-state index >= 15 is 0 Å². The molecule has 4 rings (SSSR count). The number of aromatic nitrogens is 2. The zero-order valence-electron chi connectivity index (χ0n) is 11.9. The van der Waals surface area contributed by atoms with Crippen molar-refractivity contribution in [3.63, 3.8) is 0 Å². The van der Waals surface area contributed by atoms with Gasteiger partial charge >= 0.3 is 0 Å². The number of benzene rings is 2. The number of fused-ring (bicyclic) bond motifs is 1. The fraction of sp³-hybridized carbons (Fsp3) is 0. The Labute approximate surface area is 129 Å². The van der Waals surface area contributed by atoms with E-state index < -0.39 is 8.15 Å². The third kappa shape index (κ3) is 2.51. The highest BCUT2D eigenvalue weighted by molar-refractivity contribution is 7.68. The second kappa shape index (κ2) is 5.70. The fourth-order valence-electron chi connectivity index (χ4n) is 2.45. The maximum atomic E-state index is 6.31. The highest BCUT2D eigenvalue weighted by Gasteiger charge is 2.19. The van der Waals surface area contributed by atoms with Crippen molar-refractivity contribution in [3.8, 4) is 5.75 Å². The van der Waals surface area contributed by atoms with Crippen LogP contribution in [0.1, 0.15) is 0 Å². The number of hydrogen-bond acceptors (Lipinski definition) is 1. The Hall–Kier alpha value is -2.51. The van der Waals surface area contributed by atoms with Gasteiger partial charge in [-0.2, -0.15) is 0 Å². The number of aromatic amines is 2. The lowest BCUT2D eigenvalue weighted by atomic mass is 10.1. The quantitative estimate of drug-likeness (QED) is 0.551. The summed E-state index contributed by atoms with van der Waals surface area (Å²) < 4.78 is 6.31. The van der Waals surface area contributed by atoms with Crippen LogP contribution in [0.25, 0.3) is 10.8 Å². The van der Waals surface area contributed by atoms with E-state index in [0.717, 1.165) is 16.6 Å². The van der Waals surface area contributed by atoms with Gasteiger partial charge in [0.05, 0.1) is 10.9 Å². The SMILES string of the molecule is c1c[nH]c(P(Oc2ccc3ccccc3c2)c2ccc[nH]2)c1. The summed E-state index contributed by atoms with van der Waals surface area (Å²) in [6.45, 7) is 0. The molecule has 4 heteroatoms. The first-order valence-electron chi connectivity index (χ1n) is 7.14. The average molecular weight is 306 g/mol. The minimum atomic E-state index is -0.920. The number of hydrogen-bond donors (Lipinski definition) is 2. The molecule has 0 aliphatic heterocycles. The van der Waals surface area contributed by atoms with E-state index in [1.807, 2.05) is 42.7 Å². The molecule has 2 aromatic heterocycles. The molecule has 0 unspecified atom stereocenters. The summed E-state index contributed by atoms with van der Waals surface area (Å²) in [5.41, 5.74) is 2.18. The van der Waals surface area contributed by atoms with E-state index in [2.05, 4.69) is 46.4 Å². The van der Waals surface area contributed by atoms with Crippen LogP contribution >= 0.6 is 8.15 Å². The molecule has 2 heterocycles. The fourth-order valence-corrected chi connectivity index (χ4v) is 4.06. The summed E-state index contributed by atoms with van der Waals surface area (Å²) in [7, 11) is -0.920. The van der Waals surface area contributed by atoms with E-state index in [0.29, 0.717) is 0 Å². The Morgan fingerprint density at radius 1 is 0.682 bits per heavy atom. The summed E-state index contributed by atoms with van der Waals surface area (Å²) in [5.74, 6) is 0.883. The highest BCUT2D eigenvalue weighted by Crippen LogP contribution is 2.36. The van der Waals surface area contributed by atoms with Crippen LogP contribution in [0.3, 0.4) is 0 Å². The van der Waals surface area contributed by atoms with Gasteiger partial charge in [-0.25, -0.2) is 0 Å². The minimum absolute atomic E-state index is 0.883. The van der Waals surface area contributed by atoms with Gasteiger partial charge in [0.15, 0.2) is 8.15 Å². The average Bonchev–Trinajstić information content (AvgIpc) is 3.26. The molecule has 0 spiro atoms. The maximum absolute atomic E-state index is 6.31. The molecule has 0 atom stereocenters. The van der Waals surface area contributed by atoms with Crippen LogP contribution in [-0.2, 0) is 0 Å². The standard InChI is InChI=1S/C18H15N2OP/c1-2-6-15-13-16(10-9-14(15)5-1)21-22(17-7-3-11-19-17)18-8-4-12-20-18/h1-13,19-20H. The van der Waals surface area contributed by atoms with Gasteiger partial charge in [0.25, 0.3) is 0 Å². The lowest BCUT2D eigenvalue weighted by Gasteiger charge is -2.16. The Morgan fingerprint density at radius 2 is 1.36 bits per heavy atom. The topological polar surface area (TPSA) is 40.8 Å². The zero-order chi connectivity index (χ0) is 14.8. The summed E-state index contributed by atoms with van der Waals surface area (Å²) in [6.07, 6.45) is 3.86. The summed E-state index contributed by atoms with van der Waals surface area (Å²) >= 11 is 0. The Kier molecular flexibility index (Phi) is 3.42. The molecule has 0 saturated carbocycles. The molecular formula is C18H15N2OP. The molecule has 3 nitrogen and oxygen atoms in total. The number of nitrogens with one attached hydrogen (secondary N) is 2. The van der Waals surface area contributed by atoms with Gasteiger partial charge in [-0.1, -0.05) is 30.3 Å². The molecule has 2 aromatic carbocycles. The predicted molar refractivity (Wildman–Crippen MR) is 92.3 cm³/mol. The van der Waals surface area contributed by atoms with Crippen molar-refractivity contribution >= 4 is 29.8 Å². The van der Waals surface area contributed by atoms with Crippen LogP contribution in [-0.4, -0.2) is 9.97 Å². The molecule has 2 N–H and O–H groups in total. The first-order valence-corrected chi connectivity index (χ1v) is 8.40. The van der Waals surface area contributed by atoms with Crippen LogP contribution in [0.15, 0.2) is 79.1 Å². The van der Waals surface area contributed by atoms with Crippen LogP contribution in [0.4, 0.5) is 0 Å². The van der Waals surface area contributed by atoms with Crippen LogP contribution in [0, 0.1) is 0 Å². The van der Waals surface area contributed by atoms with E-state index in [4.69, 9.17) is 4.52 Å². The lowest BCUT2D eigenvalue weighted by Crippen LogP contribution is -2.17. The van der Waals surface area contributed by atoms with Gasteiger partial charge in [0.1, 0.15) is 5.75 Å². The molecule has 0 aliphatic rings. The Balaban J connectivity index is 1.71. The first-order chi connectivity index (χ1) is 10.9. The second-order valence-electron chi connectivity index (χ2n) is 5.01. The van der Waals surface area contributed by atoms with E-state index in [9.17, 15) is 0 Å². The largest absolute Gasteiger partial charge is 0.461 e. The zero-order valence-corrected chi connectivity index (χ0v) is 12.8. The van der Waals surface area contributed by atoms with Gasteiger partial charge < -0.3 is 14.5 Å². The molecule has 108 valence electrons. The second-order valence-corrected chi connectivity index (χ2v) is 6.74. The van der Waals surface area contributed by atoms with Gasteiger partial charge in [0.2, 0.25) is 0 Å². The lowest BCUT2D eigenvalue weighted by molar-refractivity contribution is 0.629. The third-order valence-corrected chi connectivity index (χ3v) is 5.34.